The van der Waals surface area contributed by atoms with E-state index in [9.17, 15) is 9.90 Å². The van der Waals surface area contributed by atoms with Crippen molar-refractivity contribution in [1.29, 1.82) is 5.41 Å². The van der Waals surface area contributed by atoms with Crippen molar-refractivity contribution in [3.63, 3.8) is 0 Å². The van der Waals surface area contributed by atoms with E-state index in [1.165, 1.54) is 0 Å². The molecule has 0 fully saturated rings. The van der Waals surface area contributed by atoms with Crippen LogP contribution in [-0.4, -0.2) is 33.2 Å². The van der Waals surface area contributed by atoms with Crippen molar-refractivity contribution in [1.82, 2.24) is 9.88 Å². The molecule has 0 bridgehead atoms. The molecule has 0 spiro atoms. The van der Waals surface area contributed by atoms with E-state index >= 15 is 0 Å². The van der Waals surface area contributed by atoms with Crippen LogP contribution >= 0.6 is 0 Å². The standard InChI is InChI=1S/C24H31N3O2/c1-14-8-17-16(11-26-14)12-27(22(17)25)13-20(28)15-9-18(23(2,3)4)21(29)19(10-15)24(5,6)7/h8-11,25,29H,12-13H2,1-7H3. The van der Waals surface area contributed by atoms with E-state index in [-0.39, 0.29) is 28.9 Å². The lowest BCUT2D eigenvalue weighted by atomic mass is 9.78. The average molecular weight is 394 g/mol. The van der Waals surface area contributed by atoms with Gasteiger partial charge in [0.1, 0.15) is 11.6 Å². The van der Waals surface area contributed by atoms with Gasteiger partial charge in [-0.3, -0.25) is 15.2 Å². The second-order valence-electron chi connectivity index (χ2n) is 10.0. The summed E-state index contributed by atoms with van der Waals surface area (Å²) < 4.78 is 0. The van der Waals surface area contributed by atoms with E-state index in [4.69, 9.17) is 5.41 Å². The first-order chi connectivity index (χ1) is 13.3. The Morgan fingerprint density at radius 2 is 1.66 bits per heavy atom. The smallest absolute Gasteiger partial charge is 0.182 e. The predicted octanol–water partition coefficient (Wildman–Crippen LogP) is 4.71. The van der Waals surface area contributed by atoms with Crippen LogP contribution in [-0.2, 0) is 17.4 Å². The summed E-state index contributed by atoms with van der Waals surface area (Å²) in [6.07, 6.45) is 1.79. The molecule has 1 aromatic heterocycles. The molecule has 1 aliphatic rings. The number of carbonyl (C=O) groups is 1. The molecule has 5 nitrogen and oxygen atoms in total. The first-order valence-electron chi connectivity index (χ1n) is 9.99. The second kappa shape index (κ2) is 6.97. The fraction of sp³-hybridized carbons (Fsp3) is 0.458. The number of hydrogen-bond donors (Lipinski definition) is 2. The number of pyridine rings is 1. The Bertz CT molecular complexity index is 959. The monoisotopic (exact) mass is 393 g/mol. The highest BCUT2D eigenvalue weighted by atomic mass is 16.3. The van der Waals surface area contributed by atoms with E-state index in [2.05, 4.69) is 4.98 Å². The van der Waals surface area contributed by atoms with E-state index in [0.29, 0.717) is 17.9 Å². The van der Waals surface area contributed by atoms with Gasteiger partial charge in [-0.05, 0) is 36.0 Å². The second-order valence-corrected chi connectivity index (χ2v) is 10.0. The van der Waals surface area contributed by atoms with Gasteiger partial charge < -0.3 is 10.0 Å². The fourth-order valence-electron chi connectivity index (χ4n) is 3.73. The first kappa shape index (κ1) is 21.0. The molecule has 3 rings (SSSR count). The van der Waals surface area contributed by atoms with Crippen molar-refractivity contribution in [3.8, 4) is 5.75 Å². The van der Waals surface area contributed by atoms with Gasteiger partial charge in [0.25, 0.3) is 0 Å². The molecule has 0 saturated heterocycles. The molecular formula is C24H31N3O2. The van der Waals surface area contributed by atoms with Crippen molar-refractivity contribution in [3.05, 3.63) is 57.9 Å². The largest absolute Gasteiger partial charge is 0.507 e. The number of nitrogens with one attached hydrogen (secondary N) is 1. The highest BCUT2D eigenvalue weighted by molar-refractivity contribution is 6.05. The Hall–Kier alpha value is -2.69. The third-order valence-electron chi connectivity index (χ3n) is 5.44. The number of phenolic OH excluding ortho intramolecular Hbond substituents is 1. The van der Waals surface area contributed by atoms with E-state index in [1.54, 1.807) is 11.1 Å². The predicted molar refractivity (Wildman–Crippen MR) is 116 cm³/mol. The molecule has 154 valence electrons. The number of rotatable bonds is 3. The Labute approximate surface area is 173 Å². The van der Waals surface area contributed by atoms with Gasteiger partial charge in [0.15, 0.2) is 5.78 Å². The van der Waals surface area contributed by atoms with Crippen molar-refractivity contribution in [2.24, 2.45) is 0 Å². The fourth-order valence-corrected chi connectivity index (χ4v) is 3.73. The minimum atomic E-state index is -0.292. The molecule has 0 radical (unpaired) electrons. The minimum absolute atomic E-state index is 0.0526. The zero-order valence-electron chi connectivity index (χ0n) is 18.5. The summed E-state index contributed by atoms with van der Waals surface area (Å²) in [5.41, 5.74) is 4.23. The Kier molecular flexibility index (Phi) is 5.06. The molecule has 1 aliphatic heterocycles. The third-order valence-corrected chi connectivity index (χ3v) is 5.44. The number of aryl methyl sites for hydroxylation is 1. The molecule has 0 atom stereocenters. The Morgan fingerprint density at radius 1 is 1.10 bits per heavy atom. The third kappa shape index (κ3) is 4.04. The number of aromatic hydroxyl groups is 1. The normalized spacial score (nSPS) is 14.3. The van der Waals surface area contributed by atoms with Crippen molar-refractivity contribution >= 4 is 11.6 Å². The van der Waals surface area contributed by atoms with E-state index < -0.39 is 0 Å². The van der Waals surface area contributed by atoms with Crippen molar-refractivity contribution in [2.75, 3.05) is 6.54 Å². The molecule has 29 heavy (non-hydrogen) atoms. The lowest BCUT2D eigenvalue weighted by Crippen LogP contribution is -2.30. The van der Waals surface area contributed by atoms with Crippen LogP contribution in [0.4, 0.5) is 0 Å². The van der Waals surface area contributed by atoms with Crippen molar-refractivity contribution < 1.29 is 9.90 Å². The molecular weight excluding hydrogens is 362 g/mol. The van der Waals surface area contributed by atoms with Crippen LogP contribution in [0.3, 0.4) is 0 Å². The van der Waals surface area contributed by atoms with Crippen LogP contribution in [0, 0.1) is 12.3 Å². The number of aromatic nitrogens is 1. The molecule has 0 saturated carbocycles. The number of phenols is 1. The van der Waals surface area contributed by atoms with Gasteiger partial charge >= 0.3 is 0 Å². The zero-order chi connectivity index (χ0) is 21.7. The number of benzene rings is 1. The number of carbonyl (C=O) groups excluding carboxylic acids is 1. The molecule has 0 amide bonds. The molecule has 2 heterocycles. The lowest BCUT2D eigenvalue weighted by Gasteiger charge is -2.28. The number of ketones is 1. The highest BCUT2D eigenvalue weighted by Gasteiger charge is 2.30. The average Bonchev–Trinajstić information content (AvgIpc) is 2.88. The maximum atomic E-state index is 13.2. The van der Waals surface area contributed by atoms with Crippen LogP contribution in [0.1, 0.15) is 79.8 Å². The molecule has 0 aliphatic carbocycles. The number of fused-ring (bicyclic) bond motifs is 1. The molecule has 5 heteroatoms. The minimum Gasteiger partial charge on any atom is -0.507 e. The quantitative estimate of drug-likeness (QED) is 0.740. The van der Waals surface area contributed by atoms with E-state index in [0.717, 1.165) is 27.9 Å². The summed E-state index contributed by atoms with van der Waals surface area (Å²) in [4.78, 5) is 19.3. The highest BCUT2D eigenvalue weighted by Crippen LogP contribution is 2.40. The van der Waals surface area contributed by atoms with Crippen LogP contribution in [0.2, 0.25) is 0 Å². The maximum absolute atomic E-state index is 13.2. The van der Waals surface area contributed by atoms with Crippen molar-refractivity contribution in [2.45, 2.75) is 65.8 Å². The molecule has 1 aromatic carbocycles. The first-order valence-corrected chi connectivity index (χ1v) is 9.99. The van der Waals surface area contributed by atoms with Gasteiger partial charge in [-0.1, -0.05) is 41.5 Å². The molecule has 2 aromatic rings. The summed E-state index contributed by atoms with van der Waals surface area (Å²) in [6.45, 7) is 14.7. The Balaban J connectivity index is 1.95. The molecule has 2 N–H and O–H groups in total. The van der Waals surface area contributed by atoms with E-state index in [1.807, 2.05) is 66.7 Å². The topological polar surface area (TPSA) is 77.3 Å². The lowest BCUT2D eigenvalue weighted by molar-refractivity contribution is 0.0962. The van der Waals surface area contributed by atoms with Gasteiger partial charge in [0.05, 0.1) is 6.54 Å². The van der Waals surface area contributed by atoms with Gasteiger partial charge in [0.2, 0.25) is 0 Å². The summed E-state index contributed by atoms with van der Waals surface area (Å²) in [5.74, 6) is 0.581. The SMILES string of the molecule is Cc1cc2c(cn1)CN(CC(=O)c1cc(C(C)(C)C)c(O)c(C(C)(C)C)c1)C2=N. The van der Waals surface area contributed by atoms with Crippen LogP contribution in [0.5, 0.6) is 5.75 Å². The summed E-state index contributed by atoms with van der Waals surface area (Å²) in [6, 6.07) is 5.52. The number of nitrogens with zero attached hydrogens (tertiary/aromatic N) is 2. The summed E-state index contributed by atoms with van der Waals surface area (Å²) in [5, 5.41) is 19.3. The van der Waals surface area contributed by atoms with Gasteiger partial charge in [-0.25, -0.2) is 0 Å². The Morgan fingerprint density at radius 3 is 2.17 bits per heavy atom. The number of hydrogen-bond acceptors (Lipinski definition) is 4. The van der Waals surface area contributed by atoms with Crippen LogP contribution in [0.15, 0.2) is 24.4 Å². The van der Waals surface area contributed by atoms with Crippen LogP contribution < -0.4 is 0 Å². The van der Waals surface area contributed by atoms with Gasteiger partial charge in [-0.15, -0.1) is 0 Å². The number of amidine groups is 1. The molecule has 0 unspecified atom stereocenters. The maximum Gasteiger partial charge on any atom is 0.182 e. The van der Waals surface area contributed by atoms with Crippen LogP contribution in [0.25, 0.3) is 0 Å². The van der Waals surface area contributed by atoms with Gasteiger partial charge in [-0.2, -0.15) is 0 Å². The number of Topliss-reactive ketones (excluding diaryl/α,β-unsaturated/α-hetero) is 1. The van der Waals surface area contributed by atoms with Gasteiger partial charge in [0, 0.05) is 46.3 Å². The zero-order valence-corrected chi connectivity index (χ0v) is 18.5. The summed E-state index contributed by atoms with van der Waals surface area (Å²) >= 11 is 0. The summed E-state index contributed by atoms with van der Waals surface area (Å²) in [7, 11) is 0.